The summed E-state index contributed by atoms with van der Waals surface area (Å²) >= 11 is 1.40. The van der Waals surface area contributed by atoms with E-state index in [0.717, 1.165) is 17.1 Å². The first-order valence-electron chi connectivity index (χ1n) is 8.44. The number of thiazole rings is 1. The zero-order valence-corrected chi connectivity index (χ0v) is 14.9. The smallest absolute Gasteiger partial charge is 0.270 e. The molecule has 2 atom stereocenters. The zero-order valence-electron chi connectivity index (χ0n) is 14.1. The number of ether oxygens (including phenoxy) is 1. The van der Waals surface area contributed by atoms with Gasteiger partial charge in [0.2, 0.25) is 5.72 Å². The Morgan fingerprint density at radius 2 is 2.19 bits per heavy atom. The van der Waals surface area contributed by atoms with Crippen molar-refractivity contribution < 1.29 is 9.15 Å². The molecule has 2 aliphatic heterocycles. The molecule has 0 spiro atoms. The molecule has 6 heteroatoms. The summed E-state index contributed by atoms with van der Waals surface area (Å²) in [4.78, 5) is 18.4. The van der Waals surface area contributed by atoms with Gasteiger partial charge in [0.25, 0.3) is 5.56 Å². The molecular formula is C20H16N2O3S. The minimum atomic E-state index is -0.627. The molecule has 0 saturated heterocycles. The van der Waals surface area contributed by atoms with Crippen molar-refractivity contribution in [1.82, 2.24) is 4.57 Å². The van der Waals surface area contributed by atoms with Crippen LogP contribution in [0.1, 0.15) is 30.7 Å². The largest absolute Gasteiger partial charge is 0.466 e. The molecule has 5 rings (SSSR count). The first kappa shape index (κ1) is 15.4. The second-order valence-corrected chi connectivity index (χ2v) is 7.62. The Balaban J connectivity index is 1.66. The van der Waals surface area contributed by atoms with E-state index >= 15 is 0 Å². The van der Waals surface area contributed by atoms with Gasteiger partial charge in [0.15, 0.2) is 4.80 Å². The van der Waals surface area contributed by atoms with Gasteiger partial charge >= 0.3 is 0 Å². The van der Waals surface area contributed by atoms with Crippen molar-refractivity contribution in [3.63, 3.8) is 0 Å². The highest BCUT2D eigenvalue weighted by Gasteiger charge is 2.42. The molecule has 2 aromatic heterocycles. The van der Waals surface area contributed by atoms with Gasteiger partial charge < -0.3 is 9.15 Å². The Morgan fingerprint density at radius 3 is 3.04 bits per heavy atom. The second kappa shape index (κ2) is 5.57. The average Bonchev–Trinajstić information content (AvgIpc) is 3.23. The van der Waals surface area contributed by atoms with Gasteiger partial charge in [-0.05, 0) is 37.3 Å². The lowest BCUT2D eigenvalue weighted by atomic mass is 9.93. The molecule has 130 valence electrons. The molecule has 0 radical (unpaired) electrons. The van der Waals surface area contributed by atoms with Gasteiger partial charge in [-0.1, -0.05) is 35.6 Å². The summed E-state index contributed by atoms with van der Waals surface area (Å²) in [5.74, 6) is 1.56. The van der Waals surface area contributed by atoms with Crippen molar-refractivity contribution in [2.24, 2.45) is 4.99 Å². The van der Waals surface area contributed by atoms with Crippen molar-refractivity contribution in [2.45, 2.75) is 25.1 Å². The molecule has 0 aliphatic carbocycles. The lowest BCUT2D eigenvalue weighted by Gasteiger charge is -2.39. The van der Waals surface area contributed by atoms with Crippen LogP contribution < -0.4 is 19.6 Å². The van der Waals surface area contributed by atoms with E-state index in [1.807, 2.05) is 61.5 Å². The van der Waals surface area contributed by atoms with E-state index in [9.17, 15) is 4.79 Å². The van der Waals surface area contributed by atoms with Crippen LogP contribution in [0.4, 0.5) is 0 Å². The Hall–Kier alpha value is -2.86. The Kier molecular flexibility index (Phi) is 3.30. The van der Waals surface area contributed by atoms with Crippen molar-refractivity contribution in [1.29, 1.82) is 0 Å². The molecule has 1 aromatic carbocycles. The standard InChI is InChI=1S/C20H16N2O3S/c1-20-12-15(14-8-2-3-9-16(14)25-20)22-18(23)17(26-19(22)21-20)10-4-6-13-7-5-11-24-13/h2-11,15H,12H2,1H3/b6-4+,17-10-. The predicted molar refractivity (Wildman–Crippen MR) is 99.8 cm³/mol. The fourth-order valence-electron chi connectivity index (χ4n) is 3.57. The molecule has 2 unspecified atom stereocenters. The molecule has 2 aliphatic rings. The maximum atomic E-state index is 13.0. The van der Waals surface area contributed by atoms with E-state index in [1.165, 1.54) is 11.3 Å². The minimum Gasteiger partial charge on any atom is -0.466 e. The first-order valence-corrected chi connectivity index (χ1v) is 9.26. The Labute approximate surface area is 153 Å². The topological polar surface area (TPSA) is 56.7 Å². The first-order chi connectivity index (χ1) is 12.6. The number of furan rings is 1. The molecule has 26 heavy (non-hydrogen) atoms. The van der Waals surface area contributed by atoms with Gasteiger partial charge in [-0.2, -0.15) is 0 Å². The van der Waals surface area contributed by atoms with Crippen LogP contribution in [0.2, 0.25) is 0 Å². The van der Waals surface area contributed by atoms with E-state index in [0.29, 0.717) is 15.8 Å². The summed E-state index contributed by atoms with van der Waals surface area (Å²) in [6, 6.07) is 11.5. The van der Waals surface area contributed by atoms with E-state index in [4.69, 9.17) is 14.1 Å². The number of benzene rings is 1. The molecule has 3 aromatic rings. The highest BCUT2D eigenvalue weighted by atomic mass is 32.1. The summed E-state index contributed by atoms with van der Waals surface area (Å²) in [6.07, 6.45) is 7.76. The number of allylic oxidation sites excluding steroid dienone is 1. The van der Waals surface area contributed by atoms with Crippen molar-refractivity contribution in [2.75, 3.05) is 0 Å². The van der Waals surface area contributed by atoms with E-state index in [1.54, 1.807) is 10.8 Å². The normalized spacial score (nSPS) is 24.0. The molecule has 4 heterocycles. The Bertz CT molecular complexity index is 1190. The van der Waals surface area contributed by atoms with Gasteiger partial charge in [0.1, 0.15) is 11.5 Å². The van der Waals surface area contributed by atoms with Gasteiger partial charge in [0, 0.05) is 12.0 Å². The minimum absolute atomic E-state index is 0.0124. The number of aromatic nitrogens is 1. The van der Waals surface area contributed by atoms with Gasteiger partial charge in [-0.25, -0.2) is 4.99 Å². The summed E-state index contributed by atoms with van der Waals surface area (Å²) in [5, 5.41) is 0. The van der Waals surface area contributed by atoms with E-state index < -0.39 is 5.72 Å². The van der Waals surface area contributed by atoms with Crippen LogP contribution in [0, 0.1) is 0 Å². The van der Waals surface area contributed by atoms with Crippen LogP contribution in [0.15, 0.2) is 62.9 Å². The fourth-order valence-corrected chi connectivity index (χ4v) is 4.64. The third kappa shape index (κ3) is 2.37. The van der Waals surface area contributed by atoms with Crippen molar-refractivity contribution in [3.8, 4) is 5.75 Å². The number of para-hydroxylation sites is 1. The number of hydrogen-bond donors (Lipinski definition) is 0. The van der Waals surface area contributed by atoms with Crippen LogP contribution in [0.25, 0.3) is 12.2 Å². The SMILES string of the molecule is CC12CC(c3ccccc3O1)n1c(s/c(=C\C=C\c3ccco3)c1=O)=N2. The van der Waals surface area contributed by atoms with Crippen molar-refractivity contribution >= 4 is 23.5 Å². The molecule has 0 amide bonds. The van der Waals surface area contributed by atoms with Crippen LogP contribution in [0.5, 0.6) is 5.75 Å². The summed E-state index contributed by atoms with van der Waals surface area (Å²) in [7, 11) is 0. The van der Waals surface area contributed by atoms with Crippen LogP contribution in [0.3, 0.4) is 0 Å². The van der Waals surface area contributed by atoms with Crippen LogP contribution in [-0.2, 0) is 0 Å². The molecular weight excluding hydrogens is 348 g/mol. The van der Waals surface area contributed by atoms with Gasteiger partial charge in [-0.15, -0.1) is 0 Å². The zero-order chi connectivity index (χ0) is 17.7. The van der Waals surface area contributed by atoms with E-state index in [-0.39, 0.29) is 11.6 Å². The van der Waals surface area contributed by atoms with Gasteiger partial charge in [-0.3, -0.25) is 9.36 Å². The van der Waals surface area contributed by atoms with Crippen molar-refractivity contribution in [3.05, 3.63) is 79.7 Å². The molecule has 5 nitrogen and oxygen atoms in total. The number of nitrogens with zero attached hydrogens (tertiary/aromatic N) is 2. The third-order valence-electron chi connectivity index (χ3n) is 4.71. The maximum absolute atomic E-state index is 13.0. The molecule has 0 saturated carbocycles. The summed E-state index contributed by atoms with van der Waals surface area (Å²) in [5.41, 5.74) is 0.401. The predicted octanol–water partition coefficient (Wildman–Crippen LogP) is 2.72. The summed E-state index contributed by atoms with van der Waals surface area (Å²) in [6.45, 7) is 1.98. The van der Waals surface area contributed by atoms with Crippen LogP contribution >= 0.6 is 11.3 Å². The molecule has 2 bridgehead atoms. The number of rotatable bonds is 2. The lowest BCUT2D eigenvalue weighted by molar-refractivity contribution is 0.0410. The lowest BCUT2D eigenvalue weighted by Crippen LogP contribution is -2.49. The molecule has 0 N–H and O–H groups in total. The third-order valence-corrected chi connectivity index (χ3v) is 5.71. The van der Waals surface area contributed by atoms with Crippen LogP contribution in [-0.4, -0.2) is 10.3 Å². The quantitative estimate of drug-likeness (QED) is 0.703. The number of fused-ring (bicyclic) bond motifs is 6. The average molecular weight is 364 g/mol. The second-order valence-electron chi connectivity index (χ2n) is 6.61. The maximum Gasteiger partial charge on any atom is 0.270 e. The number of hydrogen-bond acceptors (Lipinski definition) is 5. The van der Waals surface area contributed by atoms with Gasteiger partial charge in [0.05, 0.1) is 16.8 Å². The highest BCUT2D eigenvalue weighted by molar-refractivity contribution is 7.07. The highest BCUT2D eigenvalue weighted by Crippen LogP contribution is 2.42. The van der Waals surface area contributed by atoms with E-state index in [2.05, 4.69) is 0 Å². The summed E-state index contributed by atoms with van der Waals surface area (Å²) < 4.78 is 13.8. The molecule has 0 fully saturated rings. The Morgan fingerprint density at radius 1 is 1.31 bits per heavy atom. The monoisotopic (exact) mass is 364 g/mol. The fraction of sp³-hybridized carbons (Fsp3) is 0.200.